The third kappa shape index (κ3) is 6.22. The number of allylic oxidation sites excluding steroid dienone is 2. The molecule has 1 heteroatoms. The van der Waals surface area contributed by atoms with E-state index in [-0.39, 0.29) is 5.82 Å². The summed E-state index contributed by atoms with van der Waals surface area (Å²) in [7, 11) is 0. The Hall–Kier alpha value is -2.67. The monoisotopic (exact) mass is 440 g/mol. The van der Waals surface area contributed by atoms with Crippen LogP contribution < -0.4 is 0 Å². The summed E-state index contributed by atoms with van der Waals surface area (Å²) >= 11 is 0. The first kappa shape index (κ1) is 23.5. The summed E-state index contributed by atoms with van der Waals surface area (Å²) in [6.45, 7) is 4.37. The summed E-state index contributed by atoms with van der Waals surface area (Å²) in [6, 6.07) is 25.5. The van der Waals surface area contributed by atoms with Gasteiger partial charge in [-0.1, -0.05) is 85.8 Å². The first-order chi connectivity index (χ1) is 16.1. The van der Waals surface area contributed by atoms with Crippen LogP contribution in [0.2, 0.25) is 0 Å². The Morgan fingerprint density at radius 3 is 2.24 bits per heavy atom. The molecule has 33 heavy (non-hydrogen) atoms. The van der Waals surface area contributed by atoms with Gasteiger partial charge in [0, 0.05) is 0 Å². The van der Waals surface area contributed by atoms with E-state index in [1.54, 1.807) is 6.07 Å². The number of rotatable bonds is 8. The van der Waals surface area contributed by atoms with Crippen LogP contribution in [0.3, 0.4) is 0 Å². The molecular weight excluding hydrogens is 403 g/mol. The van der Waals surface area contributed by atoms with E-state index in [0.717, 1.165) is 35.4 Å². The minimum Gasteiger partial charge on any atom is -0.207 e. The van der Waals surface area contributed by atoms with Crippen LogP contribution in [0.15, 0.2) is 84.9 Å². The second-order valence-electron chi connectivity index (χ2n) is 9.80. The molecule has 0 unspecified atom stereocenters. The summed E-state index contributed by atoms with van der Waals surface area (Å²) in [5, 5.41) is 0. The molecule has 3 aromatic carbocycles. The molecule has 0 aliphatic heterocycles. The average molecular weight is 441 g/mol. The molecule has 1 aliphatic rings. The molecule has 0 saturated heterocycles. The maximum Gasteiger partial charge on any atom is 0.127 e. The van der Waals surface area contributed by atoms with E-state index in [0.29, 0.717) is 11.8 Å². The first-order valence-corrected chi connectivity index (χ1v) is 12.7. The van der Waals surface area contributed by atoms with Crippen LogP contribution in [-0.2, 0) is 6.42 Å². The van der Waals surface area contributed by atoms with Crippen LogP contribution in [-0.4, -0.2) is 0 Å². The fraction of sp³-hybridized carbons (Fsp3) is 0.375. The number of benzene rings is 3. The van der Waals surface area contributed by atoms with Gasteiger partial charge in [-0.25, -0.2) is 4.39 Å². The lowest BCUT2D eigenvalue weighted by atomic mass is 9.75. The van der Waals surface area contributed by atoms with Gasteiger partial charge in [-0.3, -0.25) is 0 Å². The molecule has 1 aliphatic carbocycles. The molecule has 0 amide bonds. The Labute approximate surface area is 199 Å². The molecule has 1 saturated carbocycles. The standard InChI is InChI=1S/C32H37F/c1-3-4-6-11-30-20-21-31(23-32(30)33)29-18-16-28(17-19-29)27-14-12-25(13-15-27)22-24(2)26-9-7-5-8-10-26/h3-5,7-10,16-21,23-25,27H,6,11-15,22H2,1-2H3/b4-3+/t24-,25?,27?/m1/s1. The quantitative estimate of drug-likeness (QED) is 0.306. The van der Waals surface area contributed by atoms with Crippen LogP contribution in [0, 0.1) is 11.7 Å². The van der Waals surface area contributed by atoms with Crippen molar-refractivity contribution in [1.29, 1.82) is 0 Å². The van der Waals surface area contributed by atoms with Crippen molar-refractivity contribution in [1.82, 2.24) is 0 Å². The summed E-state index contributed by atoms with van der Waals surface area (Å²) in [6.07, 6.45) is 12.2. The zero-order chi connectivity index (χ0) is 23.0. The Morgan fingerprint density at radius 2 is 1.58 bits per heavy atom. The molecule has 4 rings (SSSR count). The summed E-state index contributed by atoms with van der Waals surface area (Å²) < 4.78 is 14.5. The molecule has 0 spiro atoms. The van der Waals surface area contributed by atoms with Crippen LogP contribution in [0.1, 0.15) is 80.9 Å². The summed E-state index contributed by atoms with van der Waals surface area (Å²) in [4.78, 5) is 0. The predicted molar refractivity (Wildman–Crippen MR) is 139 cm³/mol. The second kappa shape index (κ2) is 11.5. The van der Waals surface area contributed by atoms with E-state index in [1.165, 1.54) is 43.2 Å². The van der Waals surface area contributed by atoms with Crippen molar-refractivity contribution in [3.8, 4) is 11.1 Å². The molecule has 1 fully saturated rings. The van der Waals surface area contributed by atoms with E-state index >= 15 is 0 Å². The molecule has 0 heterocycles. The summed E-state index contributed by atoms with van der Waals surface area (Å²) in [5.41, 5.74) is 5.77. The van der Waals surface area contributed by atoms with Crippen molar-refractivity contribution < 1.29 is 4.39 Å². The molecule has 0 nitrogen and oxygen atoms in total. The minimum atomic E-state index is -0.0934. The van der Waals surface area contributed by atoms with Gasteiger partial charge in [0.25, 0.3) is 0 Å². The highest BCUT2D eigenvalue weighted by atomic mass is 19.1. The molecule has 172 valence electrons. The van der Waals surface area contributed by atoms with Gasteiger partial charge in [-0.15, -0.1) is 0 Å². The van der Waals surface area contributed by atoms with Gasteiger partial charge < -0.3 is 0 Å². The van der Waals surface area contributed by atoms with Crippen LogP contribution in [0.25, 0.3) is 11.1 Å². The Morgan fingerprint density at radius 1 is 0.879 bits per heavy atom. The number of halogens is 1. The molecule has 0 radical (unpaired) electrons. The zero-order valence-electron chi connectivity index (χ0n) is 20.1. The first-order valence-electron chi connectivity index (χ1n) is 12.7. The van der Waals surface area contributed by atoms with E-state index in [2.05, 4.69) is 73.7 Å². The molecule has 1 atom stereocenters. The third-order valence-electron chi connectivity index (χ3n) is 7.49. The van der Waals surface area contributed by atoms with Crippen molar-refractivity contribution in [3.63, 3.8) is 0 Å². The van der Waals surface area contributed by atoms with Crippen LogP contribution in [0.4, 0.5) is 4.39 Å². The van der Waals surface area contributed by atoms with Crippen molar-refractivity contribution in [2.75, 3.05) is 0 Å². The maximum absolute atomic E-state index is 14.5. The normalized spacial score (nSPS) is 19.6. The van der Waals surface area contributed by atoms with Crippen molar-refractivity contribution >= 4 is 0 Å². The van der Waals surface area contributed by atoms with E-state index in [9.17, 15) is 4.39 Å². The highest BCUT2D eigenvalue weighted by molar-refractivity contribution is 5.64. The van der Waals surface area contributed by atoms with Crippen molar-refractivity contribution in [2.24, 2.45) is 5.92 Å². The zero-order valence-corrected chi connectivity index (χ0v) is 20.1. The lowest BCUT2D eigenvalue weighted by molar-refractivity contribution is 0.297. The molecular formula is C32H37F. The van der Waals surface area contributed by atoms with E-state index in [1.807, 2.05) is 19.1 Å². The highest BCUT2D eigenvalue weighted by Gasteiger charge is 2.24. The topological polar surface area (TPSA) is 0 Å². The van der Waals surface area contributed by atoms with Crippen molar-refractivity contribution in [2.45, 2.75) is 70.6 Å². The lowest BCUT2D eigenvalue weighted by Gasteiger charge is -2.30. The third-order valence-corrected chi connectivity index (χ3v) is 7.49. The molecule has 3 aromatic rings. The Kier molecular flexibility index (Phi) is 8.15. The Balaban J connectivity index is 1.32. The largest absolute Gasteiger partial charge is 0.207 e. The Bertz CT molecular complexity index is 1020. The number of hydrogen-bond acceptors (Lipinski definition) is 0. The SMILES string of the molecule is C/C=C/CCc1ccc(-c2ccc(C3CCC(C[C@@H](C)c4ccccc4)CC3)cc2)cc1F. The van der Waals surface area contributed by atoms with Crippen LogP contribution >= 0.6 is 0 Å². The smallest absolute Gasteiger partial charge is 0.127 e. The van der Waals surface area contributed by atoms with Crippen LogP contribution in [0.5, 0.6) is 0 Å². The van der Waals surface area contributed by atoms with Crippen molar-refractivity contribution in [3.05, 3.63) is 107 Å². The van der Waals surface area contributed by atoms with Gasteiger partial charge in [0.1, 0.15) is 5.82 Å². The summed E-state index contributed by atoms with van der Waals surface area (Å²) in [5.74, 6) is 2.05. The highest BCUT2D eigenvalue weighted by Crippen LogP contribution is 2.40. The maximum atomic E-state index is 14.5. The molecule has 0 bridgehead atoms. The number of hydrogen-bond donors (Lipinski definition) is 0. The minimum absolute atomic E-state index is 0.0934. The number of aryl methyl sites for hydroxylation is 1. The fourth-order valence-corrected chi connectivity index (χ4v) is 5.43. The van der Waals surface area contributed by atoms with Gasteiger partial charge in [0.05, 0.1) is 0 Å². The second-order valence-corrected chi connectivity index (χ2v) is 9.80. The van der Waals surface area contributed by atoms with Gasteiger partial charge in [0.15, 0.2) is 0 Å². The molecule has 0 aromatic heterocycles. The van der Waals surface area contributed by atoms with E-state index < -0.39 is 0 Å². The average Bonchev–Trinajstić information content (AvgIpc) is 2.86. The van der Waals surface area contributed by atoms with E-state index in [4.69, 9.17) is 0 Å². The van der Waals surface area contributed by atoms with Gasteiger partial charge in [-0.2, -0.15) is 0 Å². The van der Waals surface area contributed by atoms with Gasteiger partial charge in [-0.05, 0) is 104 Å². The lowest BCUT2D eigenvalue weighted by Crippen LogP contribution is -2.15. The predicted octanol–water partition coefficient (Wildman–Crippen LogP) is 9.47. The fourth-order valence-electron chi connectivity index (χ4n) is 5.43. The molecule has 0 N–H and O–H groups in total. The van der Waals surface area contributed by atoms with Gasteiger partial charge >= 0.3 is 0 Å². The van der Waals surface area contributed by atoms with Gasteiger partial charge in [0.2, 0.25) is 0 Å².